The molecular weight excluding hydrogens is 264 g/mol. The quantitative estimate of drug-likeness (QED) is 0.939. The van der Waals surface area contributed by atoms with Gasteiger partial charge in [0, 0.05) is 30.4 Å². The van der Waals surface area contributed by atoms with E-state index in [4.69, 9.17) is 0 Å². The molecule has 0 saturated heterocycles. The Bertz CT molecular complexity index is 647. The van der Waals surface area contributed by atoms with E-state index in [1.165, 1.54) is 6.42 Å². The van der Waals surface area contributed by atoms with Crippen molar-refractivity contribution in [1.82, 2.24) is 14.5 Å². The van der Waals surface area contributed by atoms with Crippen LogP contribution >= 0.6 is 0 Å². The summed E-state index contributed by atoms with van der Waals surface area (Å²) in [6.45, 7) is 3.04. The normalized spacial score (nSPS) is 13.8. The standard InChI is InChI=1S/C16H20N4O/c1-2-5-13-10-12(7-8-17-13)16(21)19-15-11-18-14-6-3-4-9-20(14)15/h7-8,10-11H,2-6,9H2,1H3,(H,19,21). The molecule has 0 unspecified atom stereocenters. The largest absolute Gasteiger partial charge is 0.315 e. The number of rotatable bonds is 4. The molecule has 0 saturated carbocycles. The van der Waals surface area contributed by atoms with Crippen molar-refractivity contribution in [2.75, 3.05) is 5.32 Å². The molecule has 0 spiro atoms. The molecule has 110 valence electrons. The molecule has 1 amide bonds. The van der Waals surface area contributed by atoms with Crippen LogP contribution in [-0.2, 0) is 19.4 Å². The first-order chi connectivity index (χ1) is 10.3. The number of carbonyl (C=O) groups is 1. The fraction of sp³-hybridized carbons (Fsp3) is 0.438. The smallest absolute Gasteiger partial charge is 0.256 e. The summed E-state index contributed by atoms with van der Waals surface area (Å²) in [4.78, 5) is 21.0. The molecule has 0 radical (unpaired) electrons. The zero-order valence-electron chi connectivity index (χ0n) is 12.3. The molecule has 1 aliphatic heterocycles. The number of imidazole rings is 1. The number of hydrogen-bond donors (Lipinski definition) is 1. The van der Waals surface area contributed by atoms with Crippen molar-refractivity contribution in [2.45, 2.75) is 45.6 Å². The van der Waals surface area contributed by atoms with Gasteiger partial charge >= 0.3 is 0 Å². The van der Waals surface area contributed by atoms with Crippen molar-refractivity contribution >= 4 is 11.7 Å². The van der Waals surface area contributed by atoms with Crippen molar-refractivity contribution in [1.29, 1.82) is 0 Å². The van der Waals surface area contributed by atoms with Crippen molar-refractivity contribution in [2.24, 2.45) is 0 Å². The van der Waals surface area contributed by atoms with E-state index < -0.39 is 0 Å². The van der Waals surface area contributed by atoms with Crippen LogP contribution < -0.4 is 5.32 Å². The molecule has 2 aromatic rings. The van der Waals surface area contributed by atoms with Gasteiger partial charge in [-0.3, -0.25) is 9.78 Å². The molecule has 5 nitrogen and oxygen atoms in total. The zero-order chi connectivity index (χ0) is 14.7. The fourth-order valence-corrected chi connectivity index (χ4v) is 2.72. The zero-order valence-corrected chi connectivity index (χ0v) is 12.3. The molecule has 0 bridgehead atoms. The van der Waals surface area contributed by atoms with Crippen LogP contribution in [0.3, 0.4) is 0 Å². The van der Waals surface area contributed by atoms with Gasteiger partial charge in [0.2, 0.25) is 0 Å². The van der Waals surface area contributed by atoms with Gasteiger partial charge in [-0.1, -0.05) is 13.3 Å². The lowest BCUT2D eigenvalue weighted by molar-refractivity contribution is 0.102. The summed E-state index contributed by atoms with van der Waals surface area (Å²) in [5.41, 5.74) is 1.61. The van der Waals surface area contributed by atoms with Crippen molar-refractivity contribution in [3.63, 3.8) is 0 Å². The summed E-state index contributed by atoms with van der Waals surface area (Å²) in [6.07, 6.45) is 8.68. The minimum atomic E-state index is -0.0944. The van der Waals surface area contributed by atoms with Gasteiger partial charge in [-0.2, -0.15) is 0 Å². The minimum absolute atomic E-state index is 0.0944. The molecular formula is C16H20N4O. The lowest BCUT2D eigenvalue weighted by atomic mass is 10.1. The van der Waals surface area contributed by atoms with E-state index in [1.807, 2.05) is 6.07 Å². The Hall–Kier alpha value is -2.17. The summed E-state index contributed by atoms with van der Waals surface area (Å²) in [5.74, 6) is 1.77. The van der Waals surface area contributed by atoms with E-state index in [-0.39, 0.29) is 5.91 Å². The van der Waals surface area contributed by atoms with Gasteiger partial charge in [0.25, 0.3) is 5.91 Å². The number of hydrogen-bond acceptors (Lipinski definition) is 3. The van der Waals surface area contributed by atoms with Crippen LogP contribution in [0, 0.1) is 0 Å². The van der Waals surface area contributed by atoms with Crippen LogP contribution in [0.25, 0.3) is 0 Å². The monoisotopic (exact) mass is 284 g/mol. The van der Waals surface area contributed by atoms with E-state index in [0.717, 1.165) is 49.6 Å². The lowest BCUT2D eigenvalue weighted by Crippen LogP contribution is -2.18. The summed E-state index contributed by atoms with van der Waals surface area (Å²) in [7, 11) is 0. The van der Waals surface area contributed by atoms with E-state index in [2.05, 4.69) is 26.8 Å². The molecule has 1 N–H and O–H groups in total. The van der Waals surface area contributed by atoms with Crippen LogP contribution in [0.1, 0.15) is 48.1 Å². The van der Waals surface area contributed by atoms with Crippen LogP contribution in [0.4, 0.5) is 5.82 Å². The third-order valence-electron chi connectivity index (χ3n) is 3.80. The van der Waals surface area contributed by atoms with E-state index in [9.17, 15) is 4.79 Å². The second-order valence-corrected chi connectivity index (χ2v) is 5.41. The Labute approximate surface area is 124 Å². The molecule has 3 heterocycles. The van der Waals surface area contributed by atoms with Crippen molar-refractivity contribution in [3.05, 3.63) is 41.6 Å². The SMILES string of the molecule is CCCc1cc(C(=O)Nc2cnc3n2CCCC3)ccn1. The van der Waals surface area contributed by atoms with Gasteiger partial charge in [0.05, 0.1) is 6.20 Å². The molecule has 0 aromatic carbocycles. The van der Waals surface area contributed by atoms with Gasteiger partial charge in [0.1, 0.15) is 11.6 Å². The Morgan fingerprint density at radius 3 is 3.14 bits per heavy atom. The minimum Gasteiger partial charge on any atom is -0.315 e. The molecule has 0 aliphatic carbocycles. The molecule has 5 heteroatoms. The highest BCUT2D eigenvalue weighted by Gasteiger charge is 2.16. The first-order valence-electron chi connectivity index (χ1n) is 7.58. The number of nitrogens with zero attached hydrogens (tertiary/aromatic N) is 3. The first-order valence-corrected chi connectivity index (χ1v) is 7.58. The van der Waals surface area contributed by atoms with Gasteiger partial charge in [-0.25, -0.2) is 4.98 Å². The van der Waals surface area contributed by atoms with Gasteiger partial charge < -0.3 is 9.88 Å². The number of carbonyl (C=O) groups excluding carboxylic acids is 1. The third-order valence-corrected chi connectivity index (χ3v) is 3.80. The fourth-order valence-electron chi connectivity index (χ4n) is 2.72. The average Bonchev–Trinajstić information content (AvgIpc) is 2.91. The molecule has 2 aromatic heterocycles. The van der Waals surface area contributed by atoms with Crippen LogP contribution in [0.2, 0.25) is 0 Å². The van der Waals surface area contributed by atoms with Crippen LogP contribution in [0.15, 0.2) is 24.5 Å². The maximum atomic E-state index is 12.4. The second-order valence-electron chi connectivity index (χ2n) is 5.41. The predicted molar refractivity (Wildman–Crippen MR) is 81.4 cm³/mol. The number of pyridine rings is 1. The highest BCUT2D eigenvalue weighted by Crippen LogP contribution is 2.20. The van der Waals surface area contributed by atoms with E-state index in [0.29, 0.717) is 5.56 Å². The predicted octanol–water partition coefficient (Wildman–Crippen LogP) is 2.82. The van der Waals surface area contributed by atoms with Crippen molar-refractivity contribution < 1.29 is 4.79 Å². The average molecular weight is 284 g/mol. The van der Waals surface area contributed by atoms with Gasteiger partial charge in [0.15, 0.2) is 0 Å². The van der Waals surface area contributed by atoms with E-state index >= 15 is 0 Å². The Kier molecular flexibility index (Phi) is 3.99. The van der Waals surface area contributed by atoms with Crippen molar-refractivity contribution in [3.8, 4) is 0 Å². The Morgan fingerprint density at radius 2 is 2.29 bits per heavy atom. The van der Waals surface area contributed by atoms with Crippen LogP contribution in [-0.4, -0.2) is 20.4 Å². The van der Waals surface area contributed by atoms with Crippen LogP contribution in [0.5, 0.6) is 0 Å². The molecule has 0 atom stereocenters. The van der Waals surface area contributed by atoms with Gasteiger partial charge in [-0.15, -0.1) is 0 Å². The number of anilines is 1. The maximum absolute atomic E-state index is 12.4. The number of amides is 1. The summed E-state index contributed by atoms with van der Waals surface area (Å²) in [5, 5.41) is 2.97. The molecule has 1 aliphatic rings. The molecule has 0 fully saturated rings. The van der Waals surface area contributed by atoms with Gasteiger partial charge in [-0.05, 0) is 31.4 Å². The first kappa shape index (κ1) is 13.8. The number of fused-ring (bicyclic) bond motifs is 1. The van der Waals surface area contributed by atoms with E-state index in [1.54, 1.807) is 18.5 Å². The third kappa shape index (κ3) is 2.96. The number of aromatic nitrogens is 3. The number of nitrogens with one attached hydrogen (secondary N) is 1. The maximum Gasteiger partial charge on any atom is 0.256 e. The topological polar surface area (TPSA) is 59.8 Å². The molecule has 3 rings (SSSR count). The summed E-state index contributed by atoms with van der Waals surface area (Å²) < 4.78 is 2.11. The number of aryl methyl sites for hydroxylation is 2. The summed E-state index contributed by atoms with van der Waals surface area (Å²) >= 11 is 0. The molecule has 21 heavy (non-hydrogen) atoms. The highest BCUT2D eigenvalue weighted by molar-refractivity contribution is 6.03. The Morgan fingerprint density at radius 1 is 1.38 bits per heavy atom. The summed E-state index contributed by atoms with van der Waals surface area (Å²) in [6, 6.07) is 3.62. The highest BCUT2D eigenvalue weighted by atomic mass is 16.1. The lowest BCUT2D eigenvalue weighted by Gasteiger charge is -2.16. The Balaban J connectivity index is 1.77. The second kappa shape index (κ2) is 6.08.